The maximum Gasteiger partial charge on any atom is 0.317 e. The number of piperidine rings is 2. The van der Waals surface area contributed by atoms with Crippen LogP contribution in [0.3, 0.4) is 0 Å². The minimum Gasteiger partial charge on any atom is -0.338 e. The standard InChI is InChI=1S/C20H38N4O2/c1-17-11-5-9-15-23(17)19(25)21-13-7-3-4-8-14-22-20(26)24-16-10-6-12-18(24)2/h17-18H,3-16H2,1-2H3,(H,21,25)(H,22,26)/t17-,18-/m0/s1. The van der Waals surface area contributed by atoms with Crippen LogP contribution in [0.25, 0.3) is 0 Å². The quantitative estimate of drug-likeness (QED) is 0.675. The van der Waals surface area contributed by atoms with Crippen LogP contribution in [0.5, 0.6) is 0 Å². The molecule has 6 nitrogen and oxygen atoms in total. The molecular formula is C20H38N4O2. The molecule has 0 spiro atoms. The first-order valence-corrected chi connectivity index (χ1v) is 10.7. The zero-order valence-corrected chi connectivity index (χ0v) is 16.8. The predicted molar refractivity (Wildman–Crippen MR) is 105 cm³/mol. The molecule has 2 atom stereocenters. The third kappa shape index (κ3) is 6.69. The average Bonchev–Trinajstić information content (AvgIpc) is 2.64. The molecule has 0 aromatic carbocycles. The lowest BCUT2D eigenvalue weighted by molar-refractivity contribution is 0.157. The fourth-order valence-electron chi connectivity index (χ4n) is 4.00. The van der Waals surface area contributed by atoms with Gasteiger partial charge in [-0.05, 0) is 65.2 Å². The molecule has 2 heterocycles. The highest BCUT2D eigenvalue weighted by Crippen LogP contribution is 2.17. The third-order valence-corrected chi connectivity index (χ3v) is 5.78. The van der Waals surface area contributed by atoms with Crippen LogP contribution in [0.2, 0.25) is 0 Å². The van der Waals surface area contributed by atoms with Crippen molar-refractivity contribution >= 4 is 12.1 Å². The number of hydrogen-bond acceptors (Lipinski definition) is 2. The molecular weight excluding hydrogens is 328 g/mol. The smallest absolute Gasteiger partial charge is 0.317 e. The van der Waals surface area contributed by atoms with Gasteiger partial charge in [-0.15, -0.1) is 0 Å². The van der Waals surface area contributed by atoms with E-state index in [4.69, 9.17) is 0 Å². The number of likely N-dealkylation sites (tertiary alicyclic amines) is 2. The number of unbranched alkanes of at least 4 members (excludes halogenated alkanes) is 3. The molecule has 0 unspecified atom stereocenters. The first kappa shape index (κ1) is 20.8. The molecule has 2 fully saturated rings. The molecule has 2 aliphatic rings. The second-order valence-electron chi connectivity index (χ2n) is 7.95. The summed E-state index contributed by atoms with van der Waals surface area (Å²) < 4.78 is 0. The zero-order chi connectivity index (χ0) is 18.8. The van der Waals surface area contributed by atoms with Gasteiger partial charge in [0, 0.05) is 38.3 Å². The number of urea groups is 2. The normalized spacial score (nSPS) is 23.6. The van der Waals surface area contributed by atoms with Gasteiger partial charge in [0.15, 0.2) is 0 Å². The first-order valence-electron chi connectivity index (χ1n) is 10.7. The minimum absolute atomic E-state index is 0.0973. The summed E-state index contributed by atoms with van der Waals surface area (Å²) in [4.78, 5) is 28.3. The molecule has 0 saturated carbocycles. The van der Waals surface area contributed by atoms with E-state index in [1.807, 2.05) is 9.80 Å². The summed E-state index contributed by atoms with van der Waals surface area (Å²) in [5.41, 5.74) is 0. The van der Waals surface area contributed by atoms with E-state index in [1.54, 1.807) is 0 Å². The number of rotatable bonds is 7. The number of carbonyl (C=O) groups is 2. The van der Waals surface area contributed by atoms with Gasteiger partial charge in [0.05, 0.1) is 0 Å². The molecule has 0 bridgehead atoms. The highest BCUT2D eigenvalue weighted by Gasteiger charge is 2.23. The Morgan fingerprint density at radius 1 is 0.731 bits per heavy atom. The summed E-state index contributed by atoms with van der Waals surface area (Å²) in [6, 6.07) is 0.935. The van der Waals surface area contributed by atoms with E-state index in [1.165, 1.54) is 12.8 Å². The van der Waals surface area contributed by atoms with E-state index in [0.29, 0.717) is 12.1 Å². The summed E-state index contributed by atoms with van der Waals surface area (Å²) in [5.74, 6) is 0. The van der Waals surface area contributed by atoms with Crippen molar-refractivity contribution < 1.29 is 9.59 Å². The molecule has 2 rings (SSSR count). The van der Waals surface area contributed by atoms with Gasteiger partial charge < -0.3 is 20.4 Å². The molecule has 4 amide bonds. The van der Waals surface area contributed by atoms with Crippen LogP contribution in [0.15, 0.2) is 0 Å². The van der Waals surface area contributed by atoms with Crippen molar-refractivity contribution in [2.24, 2.45) is 0 Å². The fraction of sp³-hybridized carbons (Fsp3) is 0.900. The average molecular weight is 367 g/mol. The van der Waals surface area contributed by atoms with Crippen molar-refractivity contribution in [1.82, 2.24) is 20.4 Å². The van der Waals surface area contributed by atoms with Crippen molar-refractivity contribution in [1.29, 1.82) is 0 Å². The van der Waals surface area contributed by atoms with Crippen molar-refractivity contribution in [2.45, 2.75) is 90.1 Å². The van der Waals surface area contributed by atoms with Gasteiger partial charge in [-0.1, -0.05) is 12.8 Å². The molecule has 2 aliphatic heterocycles. The highest BCUT2D eigenvalue weighted by atomic mass is 16.2. The Balaban J connectivity index is 1.45. The Bertz CT molecular complexity index is 404. The maximum atomic E-state index is 12.2. The van der Waals surface area contributed by atoms with E-state index in [9.17, 15) is 9.59 Å². The molecule has 150 valence electrons. The Hall–Kier alpha value is -1.46. The van der Waals surface area contributed by atoms with E-state index in [2.05, 4.69) is 24.5 Å². The van der Waals surface area contributed by atoms with E-state index in [0.717, 1.165) is 77.5 Å². The summed E-state index contributed by atoms with van der Waals surface area (Å²) in [6.07, 6.45) is 11.1. The van der Waals surface area contributed by atoms with Crippen LogP contribution < -0.4 is 10.6 Å². The van der Waals surface area contributed by atoms with E-state index in [-0.39, 0.29) is 12.1 Å². The van der Waals surface area contributed by atoms with Crippen molar-refractivity contribution in [2.75, 3.05) is 26.2 Å². The Morgan fingerprint density at radius 2 is 1.15 bits per heavy atom. The van der Waals surface area contributed by atoms with Crippen molar-refractivity contribution in [3.05, 3.63) is 0 Å². The topological polar surface area (TPSA) is 64.7 Å². The summed E-state index contributed by atoms with van der Waals surface area (Å²) in [6.45, 7) is 7.55. The largest absolute Gasteiger partial charge is 0.338 e. The number of nitrogens with one attached hydrogen (secondary N) is 2. The predicted octanol–water partition coefficient (Wildman–Crippen LogP) is 3.71. The van der Waals surface area contributed by atoms with Crippen molar-refractivity contribution in [3.8, 4) is 0 Å². The molecule has 0 aromatic heterocycles. The molecule has 0 aromatic rings. The fourth-order valence-corrected chi connectivity index (χ4v) is 4.00. The van der Waals surface area contributed by atoms with E-state index >= 15 is 0 Å². The number of nitrogens with zero attached hydrogens (tertiary/aromatic N) is 2. The lowest BCUT2D eigenvalue weighted by Gasteiger charge is -2.33. The SMILES string of the molecule is C[C@H]1CCCCN1C(=O)NCCCCCCNC(=O)N1CCCC[C@@H]1C. The minimum atomic E-state index is 0.0973. The molecule has 0 aliphatic carbocycles. The molecule has 0 radical (unpaired) electrons. The van der Waals surface area contributed by atoms with Crippen LogP contribution in [-0.2, 0) is 0 Å². The van der Waals surface area contributed by atoms with Gasteiger partial charge in [0.1, 0.15) is 0 Å². The van der Waals surface area contributed by atoms with Crippen LogP contribution in [0.4, 0.5) is 9.59 Å². The third-order valence-electron chi connectivity index (χ3n) is 5.78. The summed E-state index contributed by atoms with van der Waals surface area (Å²) in [7, 11) is 0. The summed E-state index contributed by atoms with van der Waals surface area (Å²) in [5, 5.41) is 6.10. The molecule has 6 heteroatoms. The molecule has 2 N–H and O–H groups in total. The number of carbonyl (C=O) groups excluding carboxylic acids is 2. The molecule has 26 heavy (non-hydrogen) atoms. The lowest BCUT2D eigenvalue weighted by Crippen LogP contribution is -2.47. The Kier molecular flexibility index (Phi) is 9.06. The Labute approximate surface area is 159 Å². The second-order valence-corrected chi connectivity index (χ2v) is 7.95. The number of hydrogen-bond donors (Lipinski definition) is 2. The van der Waals surface area contributed by atoms with Crippen LogP contribution in [-0.4, -0.2) is 60.1 Å². The maximum absolute atomic E-state index is 12.2. The van der Waals surface area contributed by atoms with Crippen LogP contribution in [0, 0.1) is 0 Å². The van der Waals surface area contributed by atoms with Gasteiger partial charge in [-0.25, -0.2) is 9.59 Å². The number of amides is 4. The molecule has 2 saturated heterocycles. The summed E-state index contributed by atoms with van der Waals surface area (Å²) >= 11 is 0. The van der Waals surface area contributed by atoms with E-state index < -0.39 is 0 Å². The highest BCUT2D eigenvalue weighted by molar-refractivity contribution is 5.75. The van der Waals surface area contributed by atoms with Crippen LogP contribution >= 0.6 is 0 Å². The van der Waals surface area contributed by atoms with Gasteiger partial charge in [0.25, 0.3) is 0 Å². The van der Waals surface area contributed by atoms with Gasteiger partial charge in [-0.3, -0.25) is 0 Å². The van der Waals surface area contributed by atoms with Gasteiger partial charge in [-0.2, -0.15) is 0 Å². The monoisotopic (exact) mass is 366 g/mol. The van der Waals surface area contributed by atoms with Crippen molar-refractivity contribution in [3.63, 3.8) is 0 Å². The Morgan fingerprint density at radius 3 is 1.54 bits per heavy atom. The lowest BCUT2D eigenvalue weighted by atomic mass is 10.0. The first-order chi connectivity index (χ1) is 12.6. The van der Waals surface area contributed by atoms with Gasteiger partial charge >= 0.3 is 12.1 Å². The zero-order valence-electron chi connectivity index (χ0n) is 16.8. The van der Waals surface area contributed by atoms with Crippen LogP contribution in [0.1, 0.15) is 78.1 Å². The second kappa shape index (κ2) is 11.3. The van der Waals surface area contributed by atoms with Gasteiger partial charge in [0.2, 0.25) is 0 Å².